The lowest BCUT2D eigenvalue weighted by Gasteiger charge is -2.06. The highest BCUT2D eigenvalue weighted by molar-refractivity contribution is 9.10. The molecule has 3 nitrogen and oxygen atoms in total. The van der Waals surface area contributed by atoms with E-state index >= 15 is 0 Å². The van der Waals surface area contributed by atoms with Crippen LogP contribution in [0.15, 0.2) is 47.1 Å². The number of ketones is 1. The fraction of sp³-hybridized carbons (Fsp3) is 0.214. The van der Waals surface area contributed by atoms with Gasteiger partial charge < -0.3 is 9.30 Å². The number of halogens is 1. The minimum Gasteiger partial charge on any atom is -0.369 e. The van der Waals surface area contributed by atoms with Gasteiger partial charge in [-0.05, 0) is 23.8 Å². The van der Waals surface area contributed by atoms with Crippen LogP contribution in [-0.4, -0.2) is 17.0 Å². The summed E-state index contributed by atoms with van der Waals surface area (Å²) < 4.78 is 8.24. The fourth-order valence-electron chi connectivity index (χ4n) is 1.69. The number of ether oxygens (including phenoxy) is 1. The zero-order valence-electron chi connectivity index (χ0n) is 10.1. The number of aryl methyl sites for hydroxylation is 1. The molecule has 1 aromatic heterocycles. The molecule has 0 unspecified atom stereocenters. The Balaban J connectivity index is 1.88. The Labute approximate surface area is 115 Å². The van der Waals surface area contributed by atoms with E-state index in [9.17, 15) is 4.79 Å². The summed E-state index contributed by atoms with van der Waals surface area (Å²) in [4.78, 5) is 11.8. The van der Waals surface area contributed by atoms with Gasteiger partial charge in [-0.15, -0.1) is 0 Å². The predicted octanol–water partition coefficient (Wildman–Crippen LogP) is 3.19. The van der Waals surface area contributed by atoms with E-state index in [4.69, 9.17) is 4.74 Å². The van der Waals surface area contributed by atoms with Gasteiger partial charge in [0, 0.05) is 17.7 Å². The molecule has 2 rings (SSSR count). The number of rotatable bonds is 5. The zero-order valence-corrected chi connectivity index (χ0v) is 11.7. The normalized spacial score (nSPS) is 10.6. The Kier molecular flexibility index (Phi) is 4.33. The first-order valence-corrected chi connectivity index (χ1v) is 6.43. The van der Waals surface area contributed by atoms with Gasteiger partial charge in [0.25, 0.3) is 0 Å². The number of carbonyl (C=O) groups excluding carboxylic acids is 1. The zero-order chi connectivity index (χ0) is 13.0. The van der Waals surface area contributed by atoms with Gasteiger partial charge in [0.15, 0.2) is 0 Å². The molecule has 0 aliphatic rings. The molecule has 1 aromatic carbocycles. The summed E-state index contributed by atoms with van der Waals surface area (Å²) in [6.45, 7) is 0.525. The summed E-state index contributed by atoms with van der Waals surface area (Å²) in [5.41, 5.74) is 1.71. The van der Waals surface area contributed by atoms with Gasteiger partial charge in [-0.1, -0.05) is 34.1 Å². The Morgan fingerprint density at radius 3 is 2.72 bits per heavy atom. The maximum atomic E-state index is 11.8. The van der Waals surface area contributed by atoms with E-state index in [1.807, 2.05) is 43.6 Å². The summed E-state index contributed by atoms with van der Waals surface area (Å²) in [5.74, 6) is -0.00504. The van der Waals surface area contributed by atoms with Crippen molar-refractivity contribution in [3.05, 3.63) is 58.3 Å². The maximum Gasteiger partial charge on any atom is 0.204 e. The monoisotopic (exact) mass is 307 g/mol. The van der Waals surface area contributed by atoms with Crippen LogP contribution in [0.2, 0.25) is 0 Å². The average molecular weight is 308 g/mol. The second kappa shape index (κ2) is 5.98. The molecule has 0 saturated carbocycles. The van der Waals surface area contributed by atoms with Crippen molar-refractivity contribution in [2.45, 2.75) is 6.61 Å². The molecule has 2 aromatic rings. The van der Waals surface area contributed by atoms with Gasteiger partial charge in [0.05, 0.1) is 12.3 Å². The van der Waals surface area contributed by atoms with E-state index in [0.717, 1.165) is 10.0 Å². The molecule has 0 aliphatic carbocycles. The third-order valence-corrected chi connectivity index (χ3v) is 3.45. The first-order chi connectivity index (χ1) is 8.68. The molecule has 0 aliphatic heterocycles. The van der Waals surface area contributed by atoms with E-state index in [2.05, 4.69) is 15.9 Å². The molecule has 0 fully saturated rings. The van der Waals surface area contributed by atoms with Gasteiger partial charge in [0.2, 0.25) is 5.78 Å². The highest BCUT2D eigenvalue weighted by atomic mass is 79.9. The third kappa shape index (κ3) is 3.09. The van der Waals surface area contributed by atoms with Crippen molar-refractivity contribution in [1.82, 2.24) is 4.57 Å². The lowest BCUT2D eigenvalue weighted by atomic mass is 10.2. The third-order valence-electron chi connectivity index (χ3n) is 2.68. The number of benzene rings is 1. The van der Waals surface area contributed by atoms with E-state index in [0.29, 0.717) is 12.3 Å². The number of hydrogen-bond acceptors (Lipinski definition) is 2. The molecule has 0 spiro atoms. The molecule has 18 heavy (non-hydrogen) atoms. The molecule has 4 heteroatoms. The second-order valence-electron chi connectivity index (χ2n) is 4.01. The van der Waals surface area contributed by atoms with Crippen LogP contribution in [0.5, 0.6) is 0 Å². The topological polar surface area (TPSA) is 31.2 Å². The summed E-state index contributed by atoms with van der Waals surface area (Å²) in [7, 11) is 1.85. The van der Waals surface area contributed by atoms with Crippen LogP contribution in [0.1, 0.15) is 16.1 Å². The number of aromatic nitrogens is 1. The molecule has 94 valence electrons. The van der Waals surface area contributed by atoms with Gasteiger partial charge in [0.1, 0.15) is 6.61 Å². The Bertz CT molecular complexity index is 548. The first-order valence-electron chi connectivity index (χ1n) is 5.64. The van der Waals surface area contributed by atoms with Gasteiger partial charge in [-0.25, -0.2) is 0 Å². The molecular weight excluding hydrogens is 294 g/mol. The van der Waals surface area contributed by atoms with Crippen molar-refractivity contribution in [3.8, 4) is 0 Å². The molecule has 0 radical (unpaired) electrons. The van der Waals surface area contributed by atoms with E-state index < -0.39 is 0 Å². The van der Waals surface area contributed by atoms with Crippen molar-refractivity contribution < 1.29 is 9.53 Å². The molecule has 0 N–H and O–H groups in total. The van der Waals surface area contributed by atoms with Crippen LogP contribution in [0.3, 0.4) is 0 Å². The summed E-state index contributed by atoms with van der Waals surface area (Å²) in [5, 5.41) is 0. The summed E-state index contributed by atoms with van der Waals surface area (Å²) in [6.07, 6.45) is 1.85. The van der Waals surface area contributed by atoms with Crippen LogP contribution in [0.25, 0.3) is 0 Å². The quantitative estimate of drug-likeness (QED) is 0.794. The average Bonchev–Trinajstić information content (AvgIpc) is 2.78. The minimum atomic E-state index is -0.00504. The molecule has 0 amide bonds. The molecule has 0 atom stereocenters. The van der Waals surface area contributed by atoms with E-state index in [1.165, 1.54) is 0 Å². The molecule has 0 saturated heterocycles. The number of hydrogen-bond donors (Lipinski definition) is 0. The highest BCUT2D eigenvalue weighted by Gasteiger charge is 2.09. The van der Waals surface area contributed by atoms with E-state index in [-0.39, 0.29) is 12.4 Å². The van der Waals surface area contributed by atoms with Gasteiger partial charge in [-0.2, -0.15) is 0 Å². The second-order valence-corrected chi connectivity index (χ2v) is 4.87. The maximum absolute atomic E-state index is 11.8. The lowest BCUT2D eigenvalue weighted by molar-refractivity contribution is 0.0717. The lowest BCUT2D eigenvalue weighted by Crippen LogP contribution is -2.12. The number of carbonyl (C=O) groups is 1. The van der Waals surface area contributed by atoms with E-state index in [1.54, 1.807) is 10.6 Å². The Hall–Kier alpha value is -1.39. The van der Waals surface area contributed by atoms with Crippen molar-refractivity contribution in [2.24, 2.45) is 7.05 Å². The van der Waals surface area contributed by atoms with Crippen molar-refractivity contribution in [2.75, 3.05) is 6.61 Å². The van der Waals surface area contributed by atoms with Gasteiger partial charge in [-0.3, -0.25) is 4.79 Å². The van der Waals surface area contributed by atoms with Crippen LogP contribution in [0, 0.1) is 0 Å². The largest absolute Gasteiger partial charge is 0.369 e. The standard InChI is InChI=1S/C14H14BrNO2/c1-16-8-4-7-13(16)14(17)10-18-9-11-5-2-3-6-12(11)15/h2-8H,9-10H2,1H3. The SMILES string of the molecule is Cn1cccc1C(=O)COCc1ccccc1Br. The van der Waals surface area contributed by atoms with Crippen molar-refractivity contribution in [1.29, 1.82) is 0 Å². The predicted molar refractivity (Wildman–Crippen MR) is 73.5 cm³/mol. The Morgan fingerprint density at radius 1 is 1.28 bits per heavy atom. The summed E-state index contributed by atoms with van der Waals surface area (Å²) in [6, 6.07) is 11.5. The van der Waals surface area contributed by atoms with Gasteiger partial charge >= 0.3 is 0 Å². The highest BCUT2D eigenvalue weighted by Crippen LogP contribution is 2.16. The molecular formula is C14H14BrNO2. The van der Waals surface area contributed by atoms with Crippen molar-refractivity contribution >= 4 is 21.7 Å². The molecule has 0 bridgehead atoms. The van der Waals surface area contributed by atoms with Crippen LogP contribution < -0.4 is 0 Å². The minimum absolute atomic E-state index is 0.00504. The molecule has 1 heterocycles. The van der Waals surface area contributed by atoms with Crippen molar-refractivity contribution in [3.63, 3.8) is 0 Å². The fourth-order valence-corrected chi connectivity index (χ4v) is 2.09. The number of Topliss-reactive ketones (excluding diaryl/α,β-unsaturated/α-hetero) is 1. The Morgan fingerprint density at radius 2 is 2.06 bits per heavy atom. The van der Waals surface area contributed by atoms with Crippen LogP contribution >= 0.6 is 15.9 Å². The smallest absolute Gasteiger partial charge is 0.204 e. The summed E-state index contributed by atoms with van der Waals surface area (Å²) >= 11 is 3.44. The van der Waals surface area contributed by atoms with Crippen LogP contribution in [-0.2, 0) is 18.4 Å². The number of nitrogens with zero attached hydrogens (tertiary/aromatic N) is 1. The first kappa shape index (κ1) is 13.1. The van der Waals surface area contributed by atoms with Crippen LogP contribution in [0.4, 0.5) is 0 Å².